The van der Waals surface area contributed by atoms with E-state index in [1.165, 1.54) is 0 Å². The molecule has 0 heterocycles. The molecule has 0 saturated carbocycles. The quantitative estimate of drug-likeness (QED) is 0.553. The third kappa shape index (κ3) is 9.11. The first kappa shape index (κ1) is 14.5. The second-order valence-corrected chi connectivity index (χ2v) is 3.90. The van der Waals surface area contributed by atoms with Gasteiger partial charge in [-0.1, -0.05) is 0 Å². The lowest BCUT2D eigenvalue weighted by molar-refractivity contribution is -0.170. The van der Waals surface area contributed by atoms with E-state index in [4.69, 9.17) is 0 Å². The zero-order valence-electron chi connectivity index (χ0n) is 9.54. The van der Waals surface area contributed by atoms with E-state index in [9.17, 15) is 18.4 Å². The Morgan fingerprint density at radius 3 is 1.31 bits per heavy atom. The number of esters is 2. The van der Waals surface area contributed by atoms with E-state index in [1.54, 1.807) is 0 Å². The summed E-state index contributed by atoms with van der Waals surface area (Å²) < 4.78 is 34.0. The van der Waals surface area contributed by atoms with Crippen LogP contribution in [0.15, 0.2) is 12.2 Å². The van der Waals surface area contributed by atoms with E-state index in [2.05, 4.69) is 9.47 Å². The van der Waals surface area contributed by atoms with Gasteiger partial charge < -0.3 is 9.47 Å². The fourth-order valence-electron chi connectivity index (χ4n) is 0.683. The molecule has 0 aromatic rings. The molecule has 0 unspecified atom stereocenters. The Morgan fingerprint density at radius 2 is 1.12 bits per heavy atom. The second kappa shape index (κ2) is 5.05. The molecule has 0 bridgehead atoms. The van der Waals surface area contributed by atoms with Crippen molar-refractivity contribution in [1.29, 1.82) is 0 Å². The van der Waals surface area contributed by atoms with Gasteiger partial charge in [0, 0.05) is 39.8 Å². The third-order valence-electron chi connectivity index (χ3n) is 1.04. The predicted molar refractivity (Wildman–Crippen MR) is 51.7 cm³/mol. The van der Waals surface area contributed by atoms with Crippen LogP contribution in [0.5, 0.6) is 0 Å². The summed E-state index contributed by atoms with van der Waals surface area (Å²) in [4.78, 5) is 21.8. The first-order chi connectivity index (χ1) is 6.99. The van der Waals surface area contributed by atoms with Crippen LogP contribution in [0.1, 0.15) is 27.7 Å². The molecule has 4 nitrogen and oxygen atoms in total. The van der Waals surface area contributed by atoms with Gasteiger partial charge >= 0.3 is 11.9 Å². The molecule has 0 saturated heterocycles. The molecular weight excluding hydrogens is 222 g/mol. The van der Waals surface area contributed by atoms with Gasteiger partial charge in [0.1, 0.15) is 0 Å². The minimum absolute atomic E-state index is 0.662. The molecule has 6 heteroatoms. The SMILES string of the molecule is CC(C)(F)OC(=O)/C=C\C(=O)OC(C)(C)F. The number of alkyl halides is 2. The van der Waals surface area contributed by atoms with Crippen LogP contribution in [-0.2, 0) is 19.1 Å². The maximum Gasteiger partial charge on any atom is 0.333 e. The molecule has 0 atom stereocenters. The normalized spacial score (nSPS) is 12.6. The number of hydrogen-bond acceptors (Lipinski definition) is 4. The fraction of sp³-hybridized carbons (Fsp3) is 0.600. The summed E-state index contributed by atoms with van der Waals surface area (Å²) in [6, 6.07) is 0. The van der Waals surface area contributed by atoms with Crippen molar-refractivity contribution in [2.75, 3.05) is 0 Å². The van der Waals surface area contributed by atoms with Crippen molar-refractivity contribution in [3.63, 3.8) is 0 Å². The van der Waals surface area contributed by atoms with Crippen LogP contribution >= 0.6 is 0 Å². The molecule has 0 spiro atoms. The smallest absolute Gasteiger partial charge is 0.333 e. The van der Waals surface area contributed by atoms with Gasteiger partial charge in [0.05, 0.1) is 0 Å². The molecule has 0 aromatic heterocycles. The van der Waals surface area contributed by atoms with E-state index in [0.29, 0.717) is 12.2 Å². The van der Waals surface area contributed by atoms with Crippen molar-refractivity contribution >= 4 is 11.9 Å². The molecule has 0 rings (SSSR count). The Hall–Kier alpha value is -1.46. The molecule has 0 radical (unpaired) electrons. The summed E-state index contributed by atoms with van der Waals surface area (Å²) in [5, 5.41) is 0. The maximum absolute atomic E-state index is 12.8. The van der Waals surface area contributed by atoms with Crippen LogP contribution in [0.2, 0.25) is 0 Å². The van der Waals surface area contributed by atoms with Crippen LogP contribution in [0.3, 0.4) is 0 Å². The van der Waals surface area contributed by atoms with E-state index in [0.717, 1.165) is 27.7 Å². The molecular formula is C10H14F2O4. The number of carbonyl (C=O) groups excluding carboxylic acids is 2. The van der Waals surface area contributed by atoms with E-state index >= 15 is 0 Å². The molecule has 0 fully saturated rings. The number of halogens is 2. The Balaban J connectivity index is 4.20. The van der Waals surface area contributed by atoms with Crippen LogP contribution < -0.4 is 0 Å². The highest BCUT2D eigenvalue weighted by Crippen LogP contribution is 2.12. The van der Waals surface area contributed by atoms with Crippen molar-refractivity contribution in [1.82, 2.24) is 0 Å². The first-order valence-corrected chi connectivity index (χ1v) is 4.51. The molecule has 16 heavy (non-hydrogen) atoms. The largest absolute Gasteiger partial charge is 0.426 e. The van der Waals surface area contributed by atoms with Gasteiger partial charge in [-0.3, -0.25) is 0 Å². The Morgan fingerprint density at radius 1 is 0.875 bits per heavy atom. The zero-order chi connectivity index (χ0) is 13.0. The third-order valence-corrected chi connectivity index (χ3v) is 1.04. The number of ether oxygens (including phenoxy) is 2. The monoisotopic (exact) mass is 236 g/mol. The molecule has 0 aliphatic heterocycles. The molecule has 0 aliphatic rings. The van der Waals surface area contributed by atoms with Gasteiger partial charge in [0.15, 0.2) is 0 Å². The molecule has 92 valence electrons. The molecule has 0 aliphatic carbocycles. The lowest BCUT2D eigenvalue weighted by atomic mass is 10.4. The van der Waals surface area contributed by atoms with Crippen molar-refractivity contribution in [3.05, 3.63) is 12.2 Å². The Kier molecular flexibility index (Phi) is 4.59. The average Bonchev–Trinajstić information content (AvgIpc) is 1.94. The predicted octanol–water partition coefficient (Wildman–Crippen LogP) is 2.04. The van der Waals surface area contributed by atoms with Gasteiger partial charge in [-0.05, 0) is 0 Å². The summed E-state index contributed by atoms with van der Waals surface area (Å²) in [6.45, 7) is 4.12. The first-order valence-electron chi connectivity index (χ1n) is 4.51. The van der Waals surface area contributed by atoms with Crippen LogP contribution in [0.4, 0.5) is 8.78 Å². The lowest BCUT2D eigenvalue weighted by Crippen LogP contribution is -2.22. The zero-order valence-corrected chi connectivity index (χ0v) is 9.54. The van der Waals surface area contributed by atoms with Gasteiger partial charge in [0.2, 0.25) is 11.7 Å². The van der Waals surface area contributed by atoms with Crippen molar-refractivity contribution in [3.8, 4) is 0 Å². The summed E-state index contributed by atoms with van der Waals surface area (Å²) in [7, 11) is 0. The number of carbonyl (C=O) groups is 2. The van der Waals surface area contributed by atoms with E-state index in [-0.39, 0.29) is 0 Å². The highest BCUT2D eigenvalue weighted by Gasteiger charge is 2.21. The minimum Gasteiger partial charge on any atom is -0.426 e. The highest BCUT2D eigenvalue weighted by molar-refractivity contribution is 5.91. The lowest BCUT2D eigenvalue weighted by Gasteiger charge is -2.14. The molecule has 0 aromatic carbocycles. The summed E-state index contributed by atoms with van der Waals surface area (Å²) in [5.41, 5.74) is 0. The molecule has 0 amide bonds. The molecule has 0 N–H and O–H groups in total. The highest BCUT2D eigenvalue weighted by atomic mass is 19.2. The van der Waals surface area contributed by atoms with E-state index < -0.39 is 23.6 Å². The van der Waals surface area contributed by atoms with Gasteiger partial charge in [-0.15, -0.1) is 0 Å². The number of hydrogen-bond donors (Lipinski definition) is 0. The van der Waals surface area contributed by atoms with E-state index in [1.807, 2.05) is 0 Å². The fourth-order valence-corrected chi connectivity index (χ4v) is 0.683. The topological polar surface area (TPSA) is 52.6 Å². The van der Waals surface area contributed by atoms with Crippen LogP contribution in [0.25, 0.3) is 0 Å². The van der Waals surface area contributed by atoms with Crippen molar-refractivity contribution in [2.45, 2.75) is 39.4 Å². The average molecular weight is 236 g/mol. The number of rotatable bonds is 4. The standard InChI is InChI=1S/C10H14F2O4/c1-9(2,11)15-7(13)5-6-8(14)16-10(3,4)12/h5-6H,1-4H3/b6-5-. The minimum atomic E-state index is -2.13. The summed E-state index contributed by atoms with van der Waals surface area (Å²) >= 11 is 0. The summed E-state index contributed by atoms with van der Waals surface area (Å²) in [5.74, 6) is -6.38. The van der Waals surface area contributed by atoms with Crippen molar-refractivity contribution in [2.24, 2.45) is 0 Å². The van der Waals surface area contributed by atoms with Gasteiger partial charge in [0.25, 0.3) is 0 Å². The van der Waals surface area contributed by atoms with Gasteiger partial charge in [-0.2, -0.15) is 8.78 Å². The summed E-state index contributed by atoms with van der Waals surface area (Å²) in [6.07, 6.45) is 1.32. The van der Waals surface area contributed by atoms with Gasteiger partial charge in [-0.25, -0.2) is 9.59 Å². The Bertz CT molecular complexity index is 267. The van der Waals surface area contributed by atoms with Crippen LogP contribution in [-0.4, -0.2) is 23.6 Å². The second-order valence-electron chi connectivity index (χ2n) is 3.90. The van der Waals surface area contributed by atoms with Crippen LogP contribution in [0, 0.1) is 0 Å². The Labute approximate surface area is 92.2 Å². The van der Waals surface area contributed by atoms with Crippen molar-refractivity contribution < 1.29 is 27.8 Å². The maximum atomic E-state index is 12.8.